The normalized spacial score (nSPS) is 14.0. The maximum Gasteiger partial charge on any atom is 0.303 e. The first-order valence-corrected chi connectivity index (χ1v) is 5.59. The summed E-state index contributed by atoms with van der Waals surface area (Å²) >= 11 is 0. The van der Waals surface area contributed by atoms with Gasteiger partial charge in [0.1, 0.15) is 0 Å². The number of unbranched alkanes of at least 4 members (excludes halogenated alkanes) is 1. The molecule has 0 aliphatic rings. The molecule has 1 unspecified atom stereocenters. The average molecular weight is 200 g/mol. The number of carbonyl (C=O) groups is 1. The van der Waals surface area contributed by atoms with Crippen molar-refractivity contribution in [3.8, 4) is 0 Å². The van der Waals surface area contributed by atoms with E-state index in [-0.39, 0.29) is 11.8 Å². The minimum Gasteiger partial charge on any atom is -0.481 e. The van der Waals surface area contributed by atoms with E-state index in [1.54, 1.807) is 0 Å². The summed E-state index contributed by atoms with van der Waals surface area (Å²) in [6.45, 7) is 8.50. The number of hydrogen-bond acceptors (Lipinski definition) is 1. The van der Waals surface area contributed by atoms with Gasteiger partial charge < -0.3 is 5.11 Å². The van der Waals surface area contributed by atoms with Gasteiger partial charge in [-0.1, -0.05) is 47.0 Å². The van der Waals surface area contributed by atoms with Gasteiger partial charge in [-0.25, -0.2) is 0 Å². The first-order valence-electron chi connectivity index (χ1n) is 5.59. The molecular weight excluding hydrogens is 176 g/mol. The maximum absolute atomic E-state index is 10.6. The van der Waals surface area contributed by atoms with Gasteiger partial charge in [0, 0.05) is 0 Å². The van der Waals surface area contributed by atoms with Crippen LogP contribution in [-0.4, -0.2) is 11.1 Å². The van der Waals surface area contributed by atoms with E-state index >= 15 is 0 Å². The fourth-order valence-corrected chi connectivity index (χ4v) is 2.08. The molecule has 2 heteroatoms. The Morgan fingerprint density at radius 3 is 2.43 bits per heavy atom. The van der Waals surface area contributed by atoms with Crippen molar-refractivity contribution in [2.45, 2.75) is 59.8 Å². The van der Waals surface area contributed by atoms with Crippen LogP contribution in [0.5, 0.6) is 0 Å². The Bertz CT molecular complexity index is 173. The van der Waals surface area contributed by atoms with Crippen LogP contribution in [0.25, 0.3) is 0 Å². The number of carboxylic acid groups (broad SMARTS) is 1. The van der Waals surface area contributed by atoms with E-state index < -0.39 is 5.97 Å². The first kappa shape index (κ1) is 13.5. The van der Waals surface area contributed by atoms with Crippen molar-refractivity contribution in [1.82, 2.24) is 0 Å². The lowest BCUT2D eigenvalue weighted by molar-refractivity contribution is -0.139. The fraction of sp³-hybridized carbons (Fsp3) is 0.917. The van der Waals surface area contributed by atoms with Gasteiger partial charge in [0.15, 0.2) is 0 Å². The van der Waals surface area contributed by atoms with Crippen LogP contribution in [-0.2, 0) is 4.79 Å². The summed E-state index contributed by atoms with van der Waals surface area (Å²) in [4.78, 5) is 10.6. The third-order valence-corrected chi connectivity index (χ3v) is 2.58. The summed E-state index contributed by atoms with van der Waals surface area (Å²) in [7, 11) is 0. The maximum atomic E-state index is 10.6. The van der Waals surface area contributed by atoms with Crippen LogP contribution in [0.2, 0.25) is 0 Å². The molecule has 84 valence electrons. The van der Waals surface area contributed by atoms with Crippen LogP contribution in [0.1, 0.15) is 59.8 Å². The third kappa shape index (κ3) is 6.93. The van der Waals surface area contributed by atoms with Gasteiger partial charge in [0.2, 0.25) is 0 Å². The van der Waals surface area contributed by atoms with Gasteiger partial charge in [0.25, 0.3) is 0 Å². The molecule has 0 spiro atoms. The highest BCUT2D eigenvalue weighted by molar-refractivity contribution is 5.67. The zero-order chi connectivity index (χ0) is 11.2. The standard InChI is InChI=1S/C12H24O2/c1-5-6-7-10(2)8-12(3,4)9-11(13)14/h10H,5-9H2,1-4H3,(H,13,14). The van der Waals surface area contributed by atoms with Crippen molar-refractivity contribution in [3.05, 3.63) is 0 Å². The van der Waals surface area contributed by atoms with E-state index in [2.05, 4.69) is 13.8 Å². The molecule has 0 aromatic carbocycles. The summed E-state index contributed by atoms with van der Waals surface area (Å²) < 4.78 is 0. The Morgan fingerprint density at radius 1 is 1.43 bits per heavy atom. The molecule has 0 heterocycles. The van der Waals surface area contributed by atoms with E-state index in [0.29, 0.717) is 5.92 Å². The third-order valence-electron chi connectivity index (χ3n) is 2.58. The minimum absolute atomic E-state index is 0.0566. The predicted molar refractivity (Wildman–Crippen MR) is 59.3 cm³/mol. The van der Waals surface area contributed by atoms with Crippen LogP contribution in [0, 0.1) is 11.3 Å². The quantitative estimate of drug-likeness (QED) is 0.680. The molecule has 1 N–H and O–H groups in total. The van der Waals surface area contributed by atoms with Crippen LogP contribution in [0.15, 0.2) is 0 Å². The van der Waals surface area contributed by atoms with Crippen molar-refractivity contribution in [2.24, 2.45) is 11.3 Å². The van der Waals surface area contributed by atoms with E-state index in [1.165, 1.54) is 19.3 Å². The van der Waals surface area contributed by atoms with Crippen molar-refractivity contribution in [1.29, 1.82) is 0 Å². The smallest absolute Gasteiger partial charge is 0.303 e. The molecule has 0 saturated carbocycles. The van der Waals surface area contributed by atoms with Gasteiger partial charge in [-0.2, -0.15) is 0 Å². The van der Waals surface area contributed by atoms with Gasteiger partial charge in [-0.05, 0) is 17.8 Å². The van der Waals surface area contributed by atoms with Crippen molar-refractivity contribution >= 4 is 5.97 Å². The number of rotatable bonds is 7. The molecule has 0 radical (unpaired) electrons. The van der Waals surface area contributed by atoms with Crippen molar-refractivity contribution in [2.75, 3.05) is 0 Å². The Morgan fingerprint density at radius 2 is 2.00 bits per heavy atom. The fourth-order valence-electron chi connectivity index (χ4n) is 2.08. The highest BCUT2D eigenvalue weighted by atomic mass is 16.4. The SMILES string of the molecule is CCCCC(C)CC(C)(C)CC(=O)O. The summed E-state index contributed by atoms with van der Waals surface area (Å²) in [6, 6.07) is 0. The molecule has 0 aliphatic carbocycles. The topological polar surface area (TPSA) is 37.3 Å². The second kappa shape index (κ2) is 6.05. The molecule has 14 heavy (non-hydrogen) atoms. The molecular formula is C12H24O2. The average Bonchev–Trinajstić information content (AvgIpc) is 1.96. The van der Waals surface area contributed by atoms with Crippen molar-refractivity contribution in [3.63, 3.8) is 0 Å². The monoisotopic (exact) mass is 200 g/mol. The second-order valence-electron chi connectivity index (χ2n) is 5.19. The van der Waals surface area contributed by atoms with E-state index in [1.807, 2.05) is 13.8 Å². The summed E-state index contributed by atoms with van der Waals surface area (Å²) in [5.41, 5.74) is -0.0566. The molecule has 0 aliphatic heterocycles. The van der Waals surface area contributed by atoms with Crippen LogP contribution in [0.3, 0.4) is 0 Å². The predicted octanol–water partition coefficient (Wildman–Crippen LogP) is 3.70. The highest BCUT2D eigenvalue weighted by Crippen LogP contribution is 2.31. The zero-order valence-corrected chi connectivity index (χ0v) is 9.97. The molecule has 0 aromatic rings. The largest absolute Gasteiger partial charge is 0.481 e. The Kier molecular flexibility index (Phi) is 5.82. The lowest BCUT2D eigenvalue weighted by Crippen LogP contribution is -2.19. The molecule has 0 amide bonds. The zero-order valence-electron chi connectivity index (χ0n) is 9.97. The molecule has 1 atom stereocenters. The number of aliphatic carboxylic acids is 1. The van der Waals surface area contributed by atoms with Gasteiger partial charge in [-0.15, -0.1) is 0 Å². The number of hydrogen-bond donors (Lipinski definition) is 1. The molecule has 0 bridgehead atoms. The van der Waals surface area contributed by atoms with Gasteiger partial charge in [0.05, 0.1) is 6.42 Å². The second-order valence-corrected chi connectivity index (χ2v) is 5.19. The highest BCUT2D eigenvalue weighted by Gasteiger charge is 2.23. The first-order chi connectivity index (χ1) is 6.37. The Labute approximate surface area is 87.7 Å². The Balaban J connectivity index is 3.88. The summed E-state index contributed by atoms with van der Waals surface area (Å²) in [5, 5.41) is 8.74. The Hall–Kier alpha value is -0.530. The van der Waals surface area contributed by atoms with E-state index in [0.717, 1.165) is 6.42 Å². The summed E-state index contributed by atoms with van der Waals surface area (Å²) in [6.07, 6.45) is 5.00. The molecule has 0 fully saturated rings. The minimum atomic E-state index is -0.683. The van der Waals surface area contributed by atoms with E-state index in [4.69, 9.17) is 5.11 Å². The van der Waals surface area contributed by atoms with E-state index in [9.17, 15) is 4.79 Å². The van der Waals surface area contributed by atoms with Gasteiger partial charge >= 0.3 is 5.97 Å². The molecule has 0 aromatic heterocycles. The molecule has 2 nitrogen and oxygen atoms in total. The van der Waals surface area contributed by atoms with Gasteiger partial charge in [-0.3, -0.25) is 4.79 Å². The summed E-state index contributed by atoms with van der Waals surface area (Å²) in [5.74, 6) is -0.0398. The van der Waals surface area contributed by atoms with Crippen LogP contribution >= 0.6 is 0 Å². The molecule has 0 saturated heterocycles. The van der Waals surface area contributed by atoms with Crippen LogP contribution in [0.4, 0.5) is 0 Å². The van der Waals surface area contributed by atoms with Crippen LogP contribution < -0.4 is 0 Å². The van der Waals surface area contributed by atoms with Crippen molar-refractivity contribution < 1.29 is 9.90 Å². The lowest BCUT2D eigenvalue weighted by Gasteiger charge is -2.26. The lowest BCUT2D eigenvalue weighted by atomic mass is 9.79. The molecule has 0 rings (SSSR count). The number of carboxylic acids is 1.